The van der Waals surface area contributed by atoms with Crippen molar-refractivity contribution in [3.63, 3.8) is 0 Å². The van der Waals surface area contributed by atoms with E-state index in [9.17, 15) is 9.59 Å². The largest absolute Gasteiger partial charge is 0.495 e. The van der Waals surface area contributed by atoms with Gasteiger partial charge in [-0.3, -0.25) is 14.6 Å². The molecule has 2 aromatic heterocycles. The molecule has 3 aromatic rings. The second kappa shape index (κ2) is 8.75. The van der Waals surface area contributed by atoms with Gasteiger partial charge < -0.3 is 10.1 Å². The van der Waals surface area contributed by atoms with Gasteiger partial charge in [-0.2, -0.15) is 5.10 Å². The van der Waals surface area contributed by atoms with E-state index in [1.165, 1.54) is 10.7 Å². The highest BCUT2D eigenvalue weighted by atomic mass is 16.5. The highest BCUT2D eigenvalue weighted by Gasteiger charge is 2.08. The number of nitrogens with zero attached hydrogens (tertiary/aromatic N) is 3. The molecule has 7 nitrogen and oxygen atoms in total. The number of amides is 1. The summed E-state index contributed by atoms with van der Waals surface area (Å²) < 4.78 is 6.60. The van der Waals surface area contributed by atoms with Gasteiger partial charge in [0, 0.05) is 37.0 Å². The third-order valence-electron chi connectivity index (χ3n) is 4.00. The van der Waals surface area contributed by atoms with E-state index < -0.39 is 0 Å². The van der Waals surface area contributed by atoms with Crippen LogP contribution >= 0.6 is 0 Å². The summed E-state index contributed by atoms with van der Waals surface area (Å²) in [6.45, 7) is 0.358. The zero-order chi connectivity index (χ0) is 19.1. The van der Waals surface area contributed by atoms with Crippen LogP contribution < -0.4 is 15.6 Å². The maximum atomic E-state index is 12.2. The molecular formula is C20H20N4O3. The molecule has 2 heterocycles. The van der Waals surface area contributed by atoms with Gasteiger partial charge in [0.15, 0.2) is 0 Å². The molecule has 27 heavy (non-hydrogen) atoms. The van der Waals surface area contributed by atoms with Crippen molar-refractivity contribution in [1.82, 2.24) is 14.8 Å². The van der Waals surface area contributed by atoms with Gasteiger partial charge in [-0.1, -0.05) is 12.1 Å². The van der Waals surface area contributed by atoms with Crippen LogP contribution in [0.25, 0.3) is 11.3 Å². The highest BCUT2D eigenvalue weighted by molar-refractivity contribution is 5.92. The molecule has 0 bridgehead atoms. The van der Waals surface area contributed by atoms with Gasteiger partial charge in [0.2, 0.25) is 5.91 Å². The first-order valence-corrected chi connectivity index (χ1v) is 8.59. The Balaban J connectivity index is 1.60. The Morgan fingerprint density at radius 1 is 1.11 bits per heavy atom. The minimum absolute atomic E-state index is 0.141. The average Bonchev–Trinajstić information content (AvgIpc) is 2.70. The number of benzene rings is 1. The van der Waals surface area contributed by atoms with Crippen molar-refractivity contribution in [3.05, 3.63) is 71.3 Å². The van der Waals surface area contributed by atoms with Crippen LogP contribution in [0, 0.1) is 0 Å². The molecule has 0 fully saturated rings. The maximum Gasteiger partial charge on any atom is 0.266 e. The number of methoxy groups -OCH3 is 1. The summed E-state index contributed by atoms with van der Waals surface area (Å²) in [7, 11) is 1.55. The number of aryl methyl sites for hydroxylation is 1. The van der Waals surface area contributed by atoms with Crippen molar-refractivity contribution in [2.45, 2.75) is 19.4 Å². The van der Waals surface area contributed by atoms with E-state index in [4.69, 9.17) is 4.74 Å². The van der Waals surface area contributed by atoms with E-state index in [0.29, 0.717) is 30.1 Å². The number of nitrogens with one attached hydrogen (secondary N) is 1. The lowest BCUT2D eigenvalue weighted by atomic mass is 10.2. The fourth-order valence-electron chi connectivity index (χ4n) is 2.64. The Bertz CT molecular complexity index is 970. The summed E-state index contributed by atoms with van der Waals surface area (Å²) >= 11 is 0. The van der Waals surface area contributed by atoms with Gasteiger partial charge in [-0.15, -0.1) is 0 Å². The van der Waals surface area contributed by atoms with Crippen molar-refractivity contribution < 1.29 is 9.53 Å². The Hall–Kier alpha value is -3.48. The first-order chi connectivity index (χ1) is 13.2. The second-order valence-corrected chi connectivity index (χ2v) is 5.87. The number of hydrogen-bond acceptors (Lipinski definition) is 5. The number of carbonyl (C=O) groups excluding carboxylic acids is 1. The molecular weight excluding hydrogens is 344 g/mol. The van der Waals surface area contributed by atoms with Crippen molar-refractivity contribution in [2.24, 2.45) is 0 Å². The first-order valence-electron chi connectivity index (χ1n) is 8.59. The van der Waals surface area contributed by atoms with Crippen molar-refractivity contribution in [1.29, 1.82) is 0 Å². The summed E-state index contributed by atoms with van der Waals surface area (Å²) in [5, 5.41) is 7.20. The fraction of sp³-hybridized carbons (Fsp3) is 0.200. The third-order valence-corrected chi connectivity index (χ3v) is 4.00. The van der Waals surface area contributed by atoms with E-state index in [1.807, 2.05) is 24.3 Å². The van der Waals surface area contributed by atoms with Crippen LogP contribution in [-0.2, 0) is 11.3 Å². The summed E-state index contributed by atoms with van der Waals surface area (Å²) in [5.41, 5.74) is 2.00. The number of rotatable bonds is 7. The van der Waals surface area contributed by atoms with Gasteiger partial charge >= 0.3 is 0 Å². The van der Waals surface area contributed by atoms with Crippen molar-refractivity contribution in [3.8, 4) is 17.0 Å². The van der Waals surface area contributed by atoms with E-state index in [1.54, 1.807) is 37.7 Å². The lowest BCUT2D eigenvalue weighted by Gasteiger charge is -2.10. The lowest BCUT2D eigenvalue weighted by molar-refractivity contribution is -0.116. The van der Waals surface area contributed by atoms with Gasteiger partial charge in [0.05, 0.1) is 18.5 Å². The molecule has 0 aliphatic heterocycles. The highest BCUT2D eigenvalue weighted by Crippen LogP contribution is 2.23. The van der Waals surface area contributed by atoms with Crippen LogP contribution in [0.15, 0.2) is 65.7 Å². The smallest absolute Gasteiger partial charge is 0.266 e. The number of carbonyl (C=O) groups is 1. The molecule has 0 spiro atoms. The molecule has 7 heteroatoms. The maximum absolute atomic E-state index is 12.2. The zero-order valence-electron chi connectivity index (χ0n) is 15.0. The summed E-state index contributed by atoms with van der Waals surface area (Å²) in [4.78, 5) is 28.2. The van der Waals surface area contributed by atoms with E-state index in [0.717, 1.165) is 5.56 Å². The number of ether oxygens (including phenoxy) is 1. The Morgan fingerprint density at radius 3 is 2.67 bits per heavy atom. The van der Waals surface area contributed by atoms with Gasteiger partial charge in [0.1, 0.15) is 5.75 Å². The number of anilines is 1. The molecule has 138 valence electrons. The van der Waals surface area contributed by atoms with E-state index >= 15 is 0 Å². The molecule has 0 saturated heterocycles. The summed E-state index contributed by atoms with van der Waals surface area (Å²) in [6.07, 6.45) is 4.11. The minimum atomic E-state index is -0.196. The first kappa shape index (κ1) is 18.3. The normalized spacial score (nSPS) is 10.4. The molecule has 3 rings (SSSR count). The Morgan fingerprint density at radius 2 is 1.89 bits per heavy atom. The number of aromatic nitrogens is 3. The zero-order valence-corrected chi connectivity index (χ0v) is 15.0. The molecule has 0 aliphatic carbocycles. The Kier molecular flexibility index (Phi) is 5.94. The predicted octanol–water partition coefficient (Wildman–Crippen LogP) is 2.73. The molecule has 0 unspecified atom stereocenters. The van der Waals surface area contributed by atoms with Crippen LogP contribution in [0.4, 0.5) is 5.69 Å². The topological polar surface area (TPSA) is 86.1 Å². The number of para-hydroxylation sites is 2. The molecule has 0 aliphatic rings. The quantitative estimate of drug-likeness (QED) is 0.697. The van der Waals surface area contributed by atoms with E-state index in [-0.39, 0.29) is 17.9 Å². The minimum Gasteiger partial charge on any atom is -0.495 e. The Labute approximate surface area is 156 Å². The summed E-state index contributed by atoms with van der Waals surface area (Å²) in [6, 6.07) is 14.1. The second-order valence-electron chi connectivity index (χ2n) is 5.87. The molecule has 1 aromatic carbocycles. The van der Waals surface area contributed by atoms with Crippen LogP contribution in [0.2, 0.25) is 0 Å². The number of hydrogen-bond donors (Lipinski definition) is 1. The molecule has 0 atom stereocenters. The molecule has 0 saturated carbocycles. The monoisotopic (exact) mass is 364 g/mol. The van der Waals surface area contributed by atoms with E-state index in [2.05, 4.69) is 15.4 Å². The lowest BCUT2D eigenvalue weighted by Crippen LogP contribution is -2.23. The van der Waals surface area contributed by atoms with Crippen LogP contribution in [0.1, 0.15) is 12.8 Å². The van der Waals surface area contributed by atoms with Gasteiger partial charge in [0.25, 0.3) is 5.56 Å². The summed E-state index contributed by atoms with van der Waals surface area (Å²) in [5.74, 6) is 0.464. The predicted molar refractivity (Wildman–Crippen MR) is 103 cm³/mol. The van der Waals surface area contributed by atoms with Gasteiger partial charge in [-0.25, -0.2) is 4.68 Å². The fourth-order valence-corrected chi connectivity index (χ4v) is 2.64. The third kappa shape index (κ3) is 4.78. The molecule has 1 amide bonds. The standard InChI is InChI=1S/C20H20N4O3/c1-27-18-6-3-2-5-17(18)22-19(25)7-4-14-24-20(26)9-8-16(23-24)15-10-12-21-13-11-15/h2-3,5-6,8-13H,4,7,14H2,1H3,(H,22,25). The van der Waals surface area contributed by atoms with Crippen LogP contribution in [0.3, 0.4) is 0 Å². The van der Waals surface area contributed by atoms with Crippen LogP contribution in [0.5, 0.6) is 5.75 Å². The average molecular weight is 364 g/mol. The number of pyridine rings is 1. The SMILES string of the molecule is COc1ccccc1NC(=O)CCCn1nc(-c2ccncc2)ccc1=O. The van der Waals surface area contributed by atoms with Gasteiger partial charge in [-0.05, 0) is 36.8 Å². The molecule has 1 N–H and O–H groups in total. The van der Waals surface area contributed by atoms with Crippen molar-refractivity contribution in [2.75, 3.05) is 12.4 Å². The van der Waals surface area contributed by atoms with Crippen LogP contribution in [-0.4, -0.2) is 27.8 Å². The van der Waals surface area contributed by atoms with Crippen molar-refractivity contribution >= 4 is 11.6 Å². The molecule has 0 radical (unpaired) electrons.